The summed E-state index contributed by atoms with van der Waals surface area (Å²) in [4.78, 5) is 38.7. The van der Waals surface area contributed by atoms with Gasteiger partial charge in [0.25, 0.3) is 0 Å². The maximum atomic E-state index is 13.7. The Kier molecular flexibility index (Phi) is 5.44. The lowest BCUT2D eigenvalue weighted by Crippen LogP contribution is -2.59. The first kappa shape index (κ1) is 21.1. The number of ether oxygens (including phenoxy) is 1. The van der Waals surface area contributed by atoms with E-state index in [1.807, 2.05) is 0 Å². The predicted molar refractivity (Wildman–Crippen MR) is 111 cm³/mol. The molecule has 0 N–H and O–H groups in total. The van der Waals surface area contributed by atoms with Gasteiger partial charge in [0.2, 0.25) is 0 Å². The summed E-state index contributed by atoms with van der Waals surface area (Å²) in [7, 11) is 1.43. The van der Waals surface area contributed by atoms with Crippen molar-refractivity contribution in [2.45, 2.75) is 85.0 Å². The fourth-order valence-corrected chi connectivity index (χ4v) is 8.28. The van der Waals surface area contributed by atoms with Crippen LogP contribution in [0.4, 0.5) is 0 Å². The number of hydrogen-bond acceptors (Lipinski definition) is 4. The number of ketones is 2. The Morgan fingerprint density at radius 1 is 1.10 bits per heavy atom. The second-order valence-electron chi connectivity index (χ2n) is 11.0. The topological polar surface area (TPSA) is 60.4 Å². The zero-order valence-electron chi connectivity index (χ0n) is 18.7. The number of Topliss-reactive ketones (excluding diaryl/α,β-unsaturated/α-hetero) is 2. The molecule has 4 aliphatic carbocycles. The summed E-state index contributed by atoms with van der Waals surface area (Å²) in [5.41, 5.74) is -0.230. The van der Waals surface area contributed by atoms with Gasteiger partial charge in [-0.3, -0.25) is 14.4 Å². The van der Waals surface area contributed by atoms with Gasteiger partial charge in [-0.15, -0.1) is 0 Å². The van der Waals surface area contributed by atoms with Crippen molar-refractivity contribution in [3.05, 3.63) is 0 Å². The molecule has 0 saturated heterocycles. The van der Waals surface area contributed by atoms with Gasteiger partial charge in [0.15, 0.2) is 0 Å². The van der Waals surface area contributed by atoms with E-state index in [9.17, 15) is 14.4 Å². The molecule has 4 saturated carbocycles. The van der Waals surface area contributed by atoms with E-state index in [4.69, 9.17) is 4.74 Å². The number of carbonyl (C=O) groups excluding carboxylic acids is 3. The van der Waals surface area contributed by atoms with Crippen molar-refractivity contribution in [1.82, 2.24) is 0 Å². The zero-order valence-corrected chi connectivity index (χ0v) is 18.7. The highest BCUT2D eigenvalue weighted by molar-refractivity contribution is 5.92. The van der Waals surface area contributed by atoms with Gasteiger partial charge < -0.3 is 4.74 Å². The Labute approximate surface area is 175 Å². The molecule has 29 heavy (non-hydrogen) atoms. The van der Waals surface area contributed by atoms with Crippen molar-refractivity contribution >= 4 is 17.5 Å². The lowest BCUT2D eigenvalue weighted by atomic mass is 9.44. The zero-order chi connectivity index (χ0) is 21.0. The van der Waals surface area contributed by atoms with Gasteiger partial charge >= 0.3 is 5.97 Å². The van der Waals surface area contributed by atoms with E-state index in [0.29, 0.717) is 36.2 Å². The molecule has 0 aromatic heterocycles. The smallest absolute Gasteiger partial charge is 0.305 e. The highest BCUT2D eigenvalue weighted by atomic mass is 16.5. The largest absolute Gasteiger partial charge is 0.469 e. The van der Waals surface area contributed by atoms with Gasteiger partial charge in [-0.05, 0) is 67.1 Å². The molecule has 0 spiro atoms. The summed E-state index contributed by atoms with van der Waals surface area (Å²) < 4.78 is 4.81. The van der Waals surface area contributed by atoms with Crippen LogP contribution in [0.1, 0.15) is 85.0 Å². The molecule has 4 nitrogen and oxygen atoms in total. The number of methoxy groups -OCH3 is 1. The van der Waals surface area contributed by atoms with Crippen molar-refractivity contribution in [2.75, 3.05) is 7.11 Å². The molecule has 4 aliphatic rings. The van der Waals surface area contributed by atoms with Crippen LogP contribution in [0.15, 0.2) is 0 Å². The second-order valence-corrected chi connectivity index (χ2v) is 11.0. The minimum Gasteiger partial charge on any atom is -0.469 e. The monoisotopic (exact) mass is 402 g/mol. The minimum atomic E-state index is -0.399. The van der Waals surface area contributed by atoms with Crippen molar-refractivity contribution in [3.63, 3.8) is 0 Å². The summed E-state index contributed by atoms with van der Waals surface area (Å²) in [6.45, 7) is 6.73. The molecule has 0 radical (unpaired) electrons. The van der Waals surface area contributed by atoms with Gasteiger partial charge in [-0.25, -0.2) is 0 Å². The van der Waals surface area contributed by atoms with Crippen molar-refractivity contribution in [1.29, 1.82) is 0 Å². The number of fused-ring (bicyclic) bond motifs is 5. The molecule has 0 aromatic carbocycles. The molecule has 8 atom stereocenters. The van der Waals surface area contributed by atoms with Crippen LogP contribution < -0.4 is 0 Å². The van der Waals surface area contributed by atoms with Crippen LogP contribution >= 0.6 is 0 Å². The predicted octanol–water partition coefficient (Wildman–Crippen LogP) is 4.98. The van der Waals surface area contributed by atoms with Crippen molar-refractivity contribution in [3.8, 4) is 0 Å². The quantitative estimate of drug-likeness (QED) is 0.622. The van der Waals surface area contributed by atoms with Crippen LogP contribution in [0.25, 0.3) is 0 Å². The molecule has 4 fully saturated rings. The van der Waals surface area contributed by atoms with Crippen LogP contribution in [0.2, 0.25) is 0 Å². The number of carbonyl (C=O) groups is 3. The fraction of sp³-hybridized carbons (Fsp3) is 0.880. The van der Waals surface area contributed by atoms with Gasteiger partial charge in [0, 0.05) is 30.6 Å². The highest BCUT2D eigenvalue weighted by Gasteiger charge is 2.65. The van der Waals surface area contributed by atoms with E-state index in [1.165, 1.54) is 26.4 Å². The summed E-state index contributed by atoms with van der Waals surface area (Å²) in [5.74, 6) is 2.26. The lowest BCUT2D eigenvalue weighted by molar-refractivity contribution is -0.165. The van der Waals surface area contributed by atoms with Crippen molar-refractivity contribution < 1.29 is 19.1 Å². The fourth-order valence-electron chi connectivity index (χ4n) is 8.28. The van der Waals surface area contributed by atoms with E-state index >= 15 is 0 Å². The number of esters is 1. The number of hydrogen-bond donors (Lipinski definition) is 0. The van der Waals surface area contributed by atoms with E-state index in [0.717, 1.165) is 32.1 Å². The molecular formula is C25H38O4. The van der Waals surface area contributed by atoms with Crippen molar-refractivity contribution in [2.24, 2.45) is 46.3 Å². The summed E-state index contributed by atoms with van der Waals surface area (Å²) in [6.07, 6.45) is 9.32. The summed E-state index contributed by atoms with van der Waals surface area (Å²) in [5, 5.41) is 0. The van der Waals surface area contributed by atoms with Crippen LogP contribution in [0.5, 0.6) is 0 Å². The highest BCUT2D eigenvalue weighted by Crippen LogP contribution is 2.66. The molecular weight excluding hydrogens is 364 g/mol. The number of rotatable bonds is 4. The summed E-state index contributed by atoms with van der Waals surface area (Å²) >= 11 is 0. The maximum Gasteiger partial charge on any atom is 0.305 e. The molecule has 4 heteroatoms. The third kappa shape index (κ3) is 3.11. The van der Waals surface area contributed by atoms with E-state index in [2.05, 4.69) is 20.8 Å². The van der Waals surface area contributed by atoms with E-state index in [-0.39, 0.29) is 35.1 Å². The normalized spacial score (nSPS) is 45.2. The third-order valence-corrected chi connectivity index (χ3v) is 10.0. The Hall–Kier alpha value is -1.19. The molecule has 162 valence electrons. The van der Waals surface area contributed by atoms with Gasteiger partial charge in [0.1, 0.15) is 11.6 Å². The molecule has 0 heterocycles. The maximum absolute atomic E-state index is 13.7. The Balaban J connectivity index is 1.60. The van der Waals surface area contributed by atoms with E-state index in [1.54, 1.807) is 0 Å². The van der Waals surface area contributed by atoms with Gasteiger partial charge in [-0.2, -0.15) is 0 Å². The van der Waals surface area contributed by atoms with Crippen LogP contribution in [0.3, 0.4) is 0 Å². The summed E-state index contributed by atoms with van der Waals surface area (Å²) in [6, 6.07) is 0. The minimum absolute atomic E-state index is 0.0786. The molecule has 0 unspecified atom stereocenters. The van der Waals surface area contributed by atoms with Gasteiger partial charge in [0.05, 0.1) is 7.11 Å². The molecule has 0 bridgehead atoms. The average Bonchev–Trinajstić information content (AvgIpc) is 3.05. The molecule has 0 aromatic rings. The van der Waals surface area contributed by atoms with Gasteiger partial charge in [-0.1, -0.05) is 33.6 Å². The molecule has 0 aliphatic heterocycles. The van der Waals surface area contributed by atoms with Crippen LogP contribution in [0, 0.1) is 46.3 Å². The first-order valence-electron chi connectivity index (χ1n) is 11.9. The Bertz CT molecular complexity index is 699. The molecule has 0 amide bonds. The standard InChI is InChI=1S/C25H38O4/c1-15(8-11-22(28)29-4)17-9-10-18-23-19(14-21(27)25(17,18)3)24(2)12-6-5-7-16(24)13-20(23)26/h15-19,23H,5-14H2,1-4H3/t15-,16-,17+,18-,19-,23+,24-,25+/m0/s1. The third-order valence-electron chi connectivity index (χ3n) is 10.0. The SMILES string of the molecule is COC(=O)CC[C@H](C)[C@H]1CC[C@H]2[C@H]3C(=O)C[C@@H]4CCCC[C@]4(C)[C@H]3CC(=O)[C@]12C. The first-order valence-corrected chi connectivity index (χ1v) is 11.9. The average molecular weight is 403 g/mol. The van der Waals surface area contributed by atoms with Crippen LogP contribution in [-0.2, 0) is 19.1 Å². The Morgan fingerprint density at radius 2 is 1.86 bits per heavy atom. The molecule has 4 rings (SSSR count). The Morgan fingerprint density at radius 3 is 2.59 bits per heavy atom. The lowest BCUT2D eigenvalue weighted by Gasteiger charge is -2.59. The van der Waals surface area contributed by atoms with Crippen LogP contribution in [-0.4, -0.2) is 24.6 Å². The van der Waals surface area contributed by atoms with E-state index < -0.39 is 5.41 Å². The second kappa shape index (κ2) is 7.50. The first-order chi connectivity index (χ1) is 13.7.